The van der Waals surface area contributed by atoms with Gasteiger partial charge in [-0.15, -0.1) is 0 Å². The summed E-state index contributed by atoms with van der Waals surface area (Å²) in [7, 11) is 0. The zero-order chi connectivity index (χ0) is 17.6. The van der Waals surface area contributed by atoms with E-state index in [9.17, 15) is 0 Å². The average Bonchev–Trinajstić information content (AvgIpc) is 3.29. The topological polar surface area (TPSA) is 60.0 Å². The minimum absolute atomic E-state index is 0.0697. The Morgan fingerprint density at radius 2 is 1.88 bits per heavy atom. The van der Waals surface area contributed by atoms with E-state index in [1.165, 1.54) is 11.3 Å². The van der Waals surface area contributed by atoms with E-state index in [0.717, 1.165) is 24.6 Å². The Hall–Kier alpha value is -2.47. The van der Waals surface area contributed by atoms with Crippen molar-refractivity contribution in [3.05, 3.63) is 59.5 Å². The van der Waals surface area contributed by atoms with E-state index in [2.05, 4.69) is 60.0 Å². The lowest BCUT2D eigenvalue weighted by Gasteiger charge is -2.20. The normalized spacial score (nSPS) is 16.2. The molecule has 6 nitrogen and oxygen atoms in total. The van der Waals surface area contributed by atoms with Crippen molar-refractivity contribution >= 4 is 0 Å². The van der Waals surface area contributed by atoms with Crippen LogP contribution in [0.1, 0.15) is 56.7 Å². The molecule has 1 aromatic carbocycles. The molecule has 1 atom stereocenters. The Kier molecular flexibility index (Phi) is 3.72. The number of rotatable bonds is 3. The summed E-state index contributed by atoms with van der Waals surface area (Å²) >= 11 is 0. The van der Waals surface area contributed by atoms with Gasteiger partial charge in [0.25, 0.3) is 0 Å². The Balaban J connectivity index is 1.56. The van der Waals surface area contributed by atoms with Gasteiger partial charge in [-0.25, -0.2) is 4.68 Å². The SMILES string of the molecule is CC(c1nc(C(C)(C)C)no1)N1Cc2cnn(-c3ccccc3)c2C1. The second kappa shape index (κ2) is 5.81. The van der Waals surface area contributed by atoms with Gasteiger partial charge in [-0.1, -0.05) is 44.1 Å². The molecule has 0 saturated carbocycles. The first-order chi connectivity index (χ1) is 11.9. The van der Waals surface area contributed by atoms with E-state index in [1.54, 1.807) is 0 Å². The molecule has 3 heterocycles. The molecule has 1 aliphatic heterocycles. The van der Waals surface area contributed by atoms with Gasteiger partial charge in [-0.3, -0.25) is 4.90 Å². The van der Waals surface area contributed by atoms with Crippen LogP contribution in [0.4, 0.5) is 0 Å². The van der Waals surface area contributed by atoms with Crippen LogP contribution in [0, 0.1) is 0 Å². The minimum atomic E-state index is -0.108. The maximum absolute atomic E-state index is 5.53. The van der Waals surface area contributed by atoms with E-state index < -0.39 is 0 Å². The number of aromatic nitrogens is 4. The monoisotopic (exact) mass is 337 g/mol. The first-order valence-electron chi connectivity index (χ1n) is 8.63. The van der Waals surface area contributed by atoms with Gasteiger partial charge in [0, 0.05) is 24.1 Å². The first-order valence-corrected chi connectivity index (χ1v) is 8.63. The zero-order valence-electron chi connectivity index (χ0n) is 15.1. The van der Waals surface area contributed by atoms with Crippen molar-refractivity contribution in [3.8, 4) is 5.69 Å². The highest BCUT2D eigenvalue weighted by atomic mass is 16.5. The molecule has 0 fully saturated rings. The number of nitrogens with zero attached hydrogens (tertiary/aromatic N) is 5. The molecule has 0 saturated heterocycles. The molecule has 0 bridgehead atoms. The summed E-state index contributed by atoms with van der Waals surface area (Å²) in [5.74, 6) is 1.43. The van der Waals surface area contributed by atoms with Gasteiger partial charge in [0.1, 0.15) is 0 Å². The second-order valence-electron chi connectivity index (χ2n) is 7.65. The third kappa shape index (κ3) is 2.87. The van der Waals surface area contributed by atoms with Gasteiger partial charge < -0.3 is 4.52 Å². The van der Waals surface area contributed by atoms with Gasteiger partial charge in [-0.2, -0.15) is 10.1 Å². The Morgan fingerprint density at radius 3 is 2.56 bits per heavy atom. The third-order valence-electron chi connectivity index (χ3n) is 4.70. The van der Waals surface area contributed by atoms with E-state index in [4.69, 9.17) is 4.52 Å². The number of benzene rings is 1. The van der Waals surface area contributed by atoms with E-state index >= 15 is 0 Å². The maximum Gasteiger partial charge on any atom is 0.243 e. The molecular weight excluding hydrogens is 314 g/mol. The minimum Gasteiger partial charge on any atom is -0.338 e. The Bertz CT molecular complexity index is 875. The van der Waals surface area contributed by atoms with Crippen LogP contribution >= 0.6 is 0 Å². The number of hydrogen-bond donors (Lipinski definition) is 0. The Labute approximate surface area is 147 Å². The number of para-hydroxylation sites is 1. The second-order valence-corrected chi connectivity index (χ2v) is 7.65. The van der Waals surface area contributed by atoms with Crippen LogP contribution < -0.4 is 0 Å². The van der Waals surface area contributed by atoms with Crippen molar-refractivity contribution < 1.29 is 4.52 Å². The predicted molar refractivity (Wildman–Crippen MR) is 94.2 cm³/mol. The molecule has 25 heavy (non-hydrogen) atoms. The van der Waals surface area contributed by atoms with Crippen LogP contribution in [0.5, 0.6) is 0 Å². The molecule has 0 radical (unpaired) electrons. The van der Waals surface area contributed by atoms with Gasteiger partial charge in [0.05, 0.1) is 23.6 Å². The largest absolute Gasteiger partial charge is 0.338 e. The molecular formula is C19H23N5O. The van der Waals surface area contributed by atoms with Crippen molar-refractivity contribution in [2.75, 3.05) is 0 Å². The molecule has 130 valence electrons. The number of fused-ring (bicyclic) bond motifs is 1. The molecule has 0 amide bonds. The summed E-state index contributed by atoms with van der Waals surface area (Å²) in [6.07, 6.45) is 1.96. The molecule has 2 aromatic heterocycles. The van der Waals surface area contributed by atoms with Crippen LogP contribution in [0.2, 0.25) is 0 Å². The van der Waals surface area contributed by atoms with Gasteiger partial charge in [0.2, 0.25) is 5.89 Å². The highest BCUT2D eigenvalue weighted by molar-refractivity contribution is 5.36. The highest BCUT2D eigenvalue weighted by Crippen LogP contribution is 2.32. The maximum atomic E-state index is 5.53. The third-order valence-corrected chi connectivity index (χ3v) is 4.70. The average molecular weight is 337 g/mol. The fraction of sp³-hybridized carbons (Fsp3) is 0.421. The smallest absolute Gasteiger partial charge is 0.243 e. The summed E-state index contributed by atoms with van der Waals surface area (Å²) in [6, 6.07) is 10.3. The molecule has 1 aliphatic rings. The molecule has 0 N–H and O–H groups in total. The fourth-order valence-electron chi connectivity index (χ4n) is 3.11. The van der Waals surface area contributed by atoms with Crippen LogP contribution in [0.15, 0.2) is 41.1 Å². The first kappa shape index (κ1) is 16.0. The van der Waals surface area contributed by atoms with E-state index in [-0.39, 0.29) is 11.5 Å². The summed E-state index contributed by atoms with van der Waals surface area (Å²) in [5, 5.41) is 8.70. The van der Waals surface area contributed by atoms with E-state index in [1.807, 2.05) is 29.1 Å². The van der Waals surface area contributed by atoms with Crippen molar-refractivity contribution in [2.45, 2.75) is 52.2 Å². The molecule has 4 rings (SSSR count). The number of hydrogen-bond acceptors (Lipinski definition) is 5. The van der Waals surface area contributed by atoms with Gasteiger partial charge >= 0.3 is 0 Å². The zero-order valence-corrected chi connectivity index (χ0v) is 15.1. The molecule has 0 aliphatic carbocycles. The standard InChI is InChI=1S/C19H23N5O/c1-13(17-21-18(22-25-17)19(2,3)4)23-11-14-10-20-24(16(14)12-23)15-8-6-5-7-9-15/h5-10,13H,11-12H2,1-4H3. The summed E-state index contributed by atoms with van der Waals surface area (Å²) in [5.41, 5.74) is 3.47. The molecule has 6 heteroatoms. The van der Waals surface area contributed by atoms with Crippen molar-refractivity contribution in [3.63, 3.8) is 0 Å². The molecule has 0 spiro atoms. The highest BCUT2D eigenvalue weighted by Gasteiger charge is 2.31. The van der Waals surface area contributed by atoms with Crippen molar-refractivity contribution in [1.82, 2.24) is 24.8 Å². The lowest BCUT2D eigenvalue weighted by atomic mass is 9.96. The van der Waals surface area contributed by atoms with Crippen molar-refractivity contribution in [1.29, 1.82) is 0 Å². The van der Waals surface area contributed by atoms with Crippen molar-refractivity contribution in [2.24, 2.45) is 0 Å². The summed E-state index contributed by atoms with van der Waals surface area (Å²) < 4.78 is 7.55. The molecule has 3 aromatic rings. The van der Waals surface area contributed by atoms with Crippen LogP contribution in [-0.2, 0) is 18.5 Å². The van der Waals surface area contributed by atoms with Crippen LogP contribution in [0.3, 0.4) is 0 Å². The van der Waals surface area contributed by atoms with E-state index in [0.29, 0.717) is 5.89 Å². The quantitative estimate of drug-likeness (QED) is 0.730. The lowest BCUT2D eigenvalue weighted by molar-refractivity contribution is 0.171. The fourth-order valence-corrected chi connectivity index (χ4v) is 3.11. The summed E-state index contributed by atoms with van der Waals surface area (Å²) in [4.78, 5) is 6.95. The van der Waals surface area contributed by atoms with Gasteiger partial charge in [-0.05, 0) is 19.1 Å². The van der Waals surface area contributed by atoms with Gasteiger partial charge in [0.15, 0.2) is 5.82 Å². The molecule has 1 unspecified atom stereocenters. The summed E-state index contributed by atoms with van der Waals surface area (Å²) in [6.45, 7) is 10.0. The lowest BCUT2D eigenvalue weighted by Crippen LogP contribution is -2.22. The van der Waals surface area contributed by atoms with Crippen LogP contribution in [0.25, 0.3) is 5.69 Å². The van der Waals surface area contributed by atoms with Crippen LogP contribution in [-0.4, -0.2) is 24.8 Å². The Morgan fingerprint density at radius 1 is 1.12 bits per heavy atom. The predicted octanol–water partition coefficient (Wildman–Crippen LogP) is 3.63.